The van der Waals surface area contributed by atoms with Crippen molar-refractivity contribution in [3.8, 4) is 0 Å². The van der Waals surface area contributed by atoms with Gasteiger partial charge in [0.2, 0.25) is 5.91 Å². The summed E-state index contributed by atoms with van der Waals surface area (Å²) >= 11 is 0. The molecule has 0 aliphatic carbocycles. The van der Waals surface area contributed by atoms with Crippen molar-refractivity contribution < 1.29 is 9.18 Å². The Bertz CT molecular complexity index is 1130. The molecule has 1 heterocycles. The third-order valence-electron chi connectivity index (χ3n) is 4.47. The Morgan fingerprint density at radius 3 is 2.54 bits per heavy atom. The normalized spacial score (nSPS) is 11.1. The van der Waals surface area contributed by atoms with E-state index in [4.69, 9.17) is 0 Å². The van der Waals surface area contributed by atoms with Crippen LogP contribution in [0, 0.1) is 11.7 Å². The van der Waals surface area contributed by atoms with Gasteiger partial charge >= 0.3 is 5.69 Å². The van der Waals surface area contributed by atoms with E-state index in [1.165, 1.54) is 27.3 Å². The van der Waals surface area contributed by atoms with Gasteiger partial charge in [-0.25, -0.2) is 9.18 Å². The van der Waals surface area contributed by atoms with Gasteiger partial charge in [-0.15, -0.1) is 0 Å². The lowest BCUT2D eigenvalue weighted by atomic mass is 10.1. The van der Waals surface area contributed by atoms with Gasteiger partial charge in [-0.1, -0.05) is 32.0 Å². The predicted molar refractivity (Wildman–Crippen MR) is 107 cm³/mol. The Balaban J connectivity index is 2.00. The third-order valence-corrected chi connectivity index (χ3v) is 4.47. The molecule has 0 bridgehead atoms. The largest absolute Gasteiger partial charge is 0.331 e. The fraction of sp³-hybridized carbons (Fsp3) is 0.286. The maximum Gasteiger partial charge on any atom is 0.331 e. The summed E-state index contributed by atoms with van der Waals surface area (Å²) in [6, 6.07) is 12.2. The zero-order valence-corrected chi connectivity index (χ0v) is 15.8. The first kappa shape index (κ1) is 19.5. The van der Waals surface area contributed by atoms with Crippen LogP contribution in [0.1, 0.15) is 20.3 Å². The molecule has 0 radical (unpaired) electrons. The number of nitrogens with zero attached hydrogens (tertiary/aromatic N) is 2. The molecular formula is C21H22FN3O3. The number of para-hydroxylation sites is 1. The molecule has 0 aliphatic heterocycles. The summed E-state index contributed by atoms with van der Waals surface area (Å²) < 4.78 is 15.8. The van der Waals surface area contributed by atoms with Crippen LogP contribution in [0.3, 0.4) is 0 Å². The second kappa shape index (κ2) is 8.21. The quantitative estimate of drug-likeness (QED) is 0.711. The van der Waals surface area contributed by atoms with Crippen LogP contribution in [-0.2, 0) is 17.9 Å². The van der Waals surface area contributed by atoms with Crippen LogP contribution in [0.5, 0.6) is 0 Å². The first-order valence-electron chi connectivity index (χ1n) is 9.14. The van der Waals surface area contributed by atoms with E-state index in [0.29, 0.717) is 28.9 Å². The van der Waals surface area contributed by atoms with Gasteiger partial charge in [0.1, 0.15) is 12.4 Å². The lowest BCUT2D eigenvalue weighted by Gasteiger charge is -2.15. The number of nitrogens with one attached hydrogen (secondary N) is 1. The summed E-state index contributed by atoms with van der Waals surface area (Å²) in [7, 11) is 0. The second-order valence-electron chi connectivity index (χ2n) is 7.08. The molecule has 7 heteroatoms. The Morgan fingerprint density at radius 1 is 1.07 bits per heavy atom. The van der Waals surface area contributed by atoms with E-state index in [0.717, 1.165) is 0 Å². The minimum atomic E-state index is -0.529. The van der Waals surface area contributed by atoms with E-state index in [1.807, 2.05) is 13.8 Å². The number of carbonyl (C=O) groups excluding carboxylic acids is 1. The van der Waals surface area contributed by atoms with Crippen LogP contribution in [-0.4, -0.2) is 15.0 Å². The Morgan fingerprint density at radius 2 is 1.82 bits per heavy atom. The van der Waals surface area contributed by atoms with Gasteiger partial charge < -0.3 is 5.32 Å². The average molecular weight is 383 g/mol. The molecule has 1 aromatic heterocycles. The molecule has 146 valence electrons. The first-order valence-corrected chi connectivity index (χ1v) is 9.14. The van der Waals surface area contributed by atoms with Gasteiger partial charge in [0, 0.05) is 12.2 Å². The highest BCUT2D eigenvalue weighted by Gasteiger charge is 2.15. The zero-order valence-electron chi connectivity index (χ0n) is 15.8. The Hall–Kier alpha value is -3.22. The van der Waals surface area contributed by atoms with Crippen molar-refractivity contribution in [2.24, 2.45) is 5.92 Å². The van der Waals surface area contributed by atoms with Gasteiger partial charge in [0.15, 0.2) is 0 Å². The molecule has 28 heavy (non-hydrogen) atoms. The molecule has 0 atom stereocenters. The molecule has 0 spiro atoms. The highest BCUT2D eigenvalue weighted by atomic mass is 19.1. The topological polar surface area (TPSA) is 73.1 Å². The number of aromatic nitrogens is 2. The number of amides is 1. The molecule has 0 saturated carbocycles. The van der Waals surface area contributed by atoms with Crippen molar-refractivity contribution >= 4 is 22.5 Å². The molecule has 3 aromatic rings. The molecule has 0 fully saturated rings. The lowest BCUT2D eigenvalue weighted by molar-refractivity contribution is -0.116. The van der Waals surface area contributed by atoms with Crippen molar-refractivity contribution in [1.82, 2.24) is 9.13 Å². The number of halogens is 1. The third kappa shape index (κ3) is 4.19. The number of hydrogen-bond acceptors (Lipinski definition) is 3. The van der Waals surface area contributed by atoms with Gasteiger partial charge in [-0.2, -0.15) is 0 Å². The van der Waals surface area contributed by atoms with Crippen molar-refractivity contribution in [3.63, 3.8) is 0 Å². The molecule has 1 N–H and O–H groups in total. The molecule has 0 aliphatic rings. The summed E-state index contributed by atoms with van der Waals surface area (Å²) in [5, 5.41) is 2.96. The Kier molecular flexibility index (Phi) is 5.73. The fourth-order valence-corrected chi connectivity index (χ4v) is 3.02. The smallest absolute Gasteiger partial charge is 0.324 e. The fourth-order valence-electron chi connectivity index (χ4n) is 3.02. The maximum atomic E-state index is 13.3. The monoisotopic (exact) mass is 383 g/mol. The van der Waals surface area contributed by atoms with Crippen molar-refractivity contribution in [3.05, 3.63) is 75.2 Å². The molecule has 3 rings (SSSR count). The van der Waals surface area contributed by atoms with E-state index in [2.05, 4.69) is 5.32 Å². The number of rotatable bonds is 6. The van der Waals surface area contributed by atoms with Crippen molar-refractivity contribution in [2.45, 2.75) is 33.4 Å². The predicted octanol–water partition coefficient (Wildman–Crippen LogP) is 2.99. The molecule has 2 aromatic carbocycles. The minimum Gasteiger partial charge on any atom is -0.324 e. The van der Waals surface area contributed by atoms with Crippen LogP contribution in [0.2, 0.25) is 0 Å². The molecule has 0 unspecified atom stereocenters. The molecule has 1 amide bonds. The SMILES string of the molecule is CC(C)CCn1c(=O)c2ccccc2n(CC(=O)Nc2cccc(F)c2)c1=O. The highest BCUT2D eigenvalue weighted by Crippen LogP contribution is 2.11. The lowest BCUT2D eigenvalue weighted by Crippen LogP contribution is -2.42. The van der Waals surface area contributed by atoms with Crippen LogP contribution in [0.15, 0.2) is 58.1 Å². The summed E-state index contributed by atoms with van der Waals surface area (Å²) in [4.78, 5) is 38.2. The first-order chi connectivity index (χ1) is 13.4. The summed E-state index contributed by atoms with van der Waals surface area (Å²) in [6.07, 6.45) is 0.670. The number of benzene rings is 2. The number of fused-ring (bicyclic) bond motifs is 1. The molecule has 0 saturated heterocycles. The molecule has 6 nitrogen and oxygen atoms in total. The van der Waals surface area contributed by atoms with Crippen molar-refractivity contribution in [1.29, 1.82) is 0 Å². The summed E-state index contributed by atoms with van der Waals surface area (Å²) in [6.45, 7) is 4.03. The van der Waals surface area contributed by atoms with E-state index < -0.39 is 17.4 Å². The van der Waals surface area contributed by atoms with Gasteiger partial charge in [-0.05, 0) is 42.7 Å². The van der Waals surface area contributed by atoms with E-state index in [-0.39, 0.29) is 18.6 Å². The minimum absolute atomic E-state index is 0.280. The maximum absolute atomic E-state index is 13.3. The molecular weight excluding hydrogens is 361 g/mol. The van der Waals surface area contributed by atoms with E-state index in [9.17, 15) is 18.8 Å². The summed E-state index contributed by atoms with van der Waals surface area (Å²) in [5.41, 5.74) is -0.190. The van der Waals surface area contributed by atoms with Gasteiger partial charge in [0.25, 0.3) is 5.56 Å². The number of carbonyl (C=O) groups is 1. The number of hydrogen-bond donors (Lipinski definition) is 1. The average Bonchev–Trinajstić information content (AvgIpc) is 2.65. The van der Waals surface area contributed by atoms with Gasteiger partial charge in [-0.3, -0.25) is 18.7 Å². The van der Waals surface area contributed by atoms with E-state index in [1.54, 1.807) is 30.3 Å². The number of anilines is 1. The highest BCUT2D eigenvalue weighted by molar-refractivity contribution is 5.91. The summed E-state index contributed by atoms with van der Waals surface area (Å²) in [5.74, 6) is -0.628. The van der Waals surface area contributed by atoms with Crippen LogP contribution >= 0.6 is 0 Å². The van der Waals surface area contributed by atoms with Crippen LogP contribution in [0.4, 0.5) is 10.1 Å². The zero-order chi connectivity index (χ0) is 20.3. The van der Waals surface area contributed by atoms with Crippen LogP contribution < -0.4 is 16.6 Å². The standard InChI is InChI=1S/C21H22FN3O3/c1-14(2)10-11-24-20(27)17-8-3-4-9-18(17)25(21(24)28)13-19(26)23-16-7-5-6-15(22)12-16/h3-9,12,14H,10-11,13H2,1-2H3,(H,23,26). The van der Waals surface area contributed by atoms with Crippen molar-refractivity contribution in [2.75, 3.05) is 5.32 Å². The Labute approximate surface area is 161 Å². The van der Waals surface area contributed by atoms with E-state index >= 15 is 0 Å². The van der Waals surface area contributed by atoms with Gasteiger partial charge in [0.05, 0.1) is 10.9 Å². The van der Waals surface area contributed by atoms with Crippen LogP contribution in [0.25, 0.3) is 10.9 Å². The second-order valence-corrected chi connectivity index (χ2v) is 7.08.